The summed E-state index contributed by atoms with van der Waals surface area (Å²) < 4.78 is 0. The number of carboxylic acid groups (broad SMARTS) is 1. The first-order valence-corrected chi connectivity index (χ1v) is 8.05. The third-order valence-electron chi connectivity index (χ3n) is 4.70. The molecule has 6 nitrogen and oxygen atoms in total. The molecule has 6 heteroatoms. The Hall–Kier alpha value is -1.30. The quantitative estimate of drug-likeness (QED) is 0.773. The van der Waals surface area contributed by atoms with Crippen molar-refractivity contribution in [2.45, 2.75) is 32.6 Å². The van der Waals surface area contributed by atoms with Crippen molar-refractivity contribution in [3.05, 3.63) is 0 Å². The van der Waals surface area contributed by atoms with Crippen molar-refractivity contribution >= 4 is 12.0 Å². The SMILES string of the molecule is CCN1CCC(CNC(=O)N2CCC(CCC(=O)O)C2)C1. The van der Waals surface area contributed by atoms with Gasteiger partial charge in [-0.3, -0.25) is 4.79 Å². The van der Waals surface area contributed by atoms with Crippen molar-refractivity contribution in [3.8, 4) is 0 Å². The zero-order valence-corrected chi connectivity index (χ0v) is 12.9. The lowest BCUT2D eigenvalue weighted by molar-refractivity contribution is -0.137. The number of carbonyl (C=O) groups is 2. The second-order valence-corrected chi connectivity index (χ2v) is 6.27. The third-order valence-corrected chi connectivity index (χ3v) is 4.70. The van der Waals surface area contributed by atoms with Crippen molar-refractivity contribution in [1.82, 2.24) is 15.1 Å². The van der Waals surface area contributed by atoms with Gasteiger partial charge in [0.15, 0.2) is 0 Å². The van der Waals surface area contributed by atoms with E-state index in [1.54, 1.807) is 0 Å². The molecule has 0 aliphatic carbocycles. The summed E-state index contributed by atoms with van der Waals surface area (Å²) in [7, 11) is 0. The summed E-state index contributed by atoms with van der Waals surface area (Å²) in [5, 5.41) is 11.7. The van der Waals surface area contributed by atoms with E-state index in [0.29, 0.717) is 24.8 Å². The first kappa shape index (κ1) is 16.1. The van der Waals surface area contributed by atoms with Crippen LogP contribution >= 0.6 is 0 Å². The molecule has 0 bridgehead atoms. The van der Waals surface area contributed by atoms with E-state index in [4.69, 9.17) is 5.11 Å². The van der Waals surface area contributed by atoms with Gasteiger partial charge in [-0.25, -0.2) is 4.79 Å². The molecule has 2 fully saturated rings. The van der Waals surface area contributed by atoms with Crippen LogP contribution in [-0.4, -0.2) is 66.2 Å². The lowest BCUT2D eigenvalue weighted by atomic mass is 10.0. The Morgan fingerprint density at radius 3 is 2.62 bits per heavy atom. The van der Waals surface area contributed by atoms with Crippen LogP contribution in [0.5, 0.6) is 0 Å². The molecule has 0 saturated carbocycles. The van der Waals surface area contributed by atoms with Gasteiger partial charge in [0.05, 0.1) is 0 Å². The third kappa shape index (κ3) is 4.88. The van der Waals surface area contributed by atoms with Gasteiger partial charge in [-0.1, -0.05) is 6.92 Å². The van der Waals surface area contributed by atoms with E-state index in [-0.39, 0.29) is 12.5 Å². The lowest BCUT2D eigenvalue weighted by Crippen LogP contribution is -2.41. The highest BCUT2D eigenvalue weighted by atomic mass is 16.4. The summed E-state index contributed by atoms with van der Waals surface area (Å²) in [6.07, 6.45) is 2.96. The smallest absolute Gasteiger partial charge is 0.317 e. The summed E-state index contributed by atoms with van der Waals surface area (Å²) in [4.78, 5) is 26.9. The second kappa shape index (κ2) is 7.64. The Balaban J connectivity index is 1.64. The number of nitrogens with one attached hydrogen (secondary N) is 1. The maximum absolute atomic E-state index is 12.1. The average molecular weight is 297 g/mol. The van der Waals surface area contributed by atoms with Crippen molar-refractivity contribution in [3.63, 3.8) is 0 Å². The van der Waals surface area contributed by atoms with Gasteiger partial charge in [0.1, 0.15) is 0 Å². The molecule has 2 heterocycles. The van der Waals surface area contributed by atoms with Crippen LogP contribution in [0.15, 0.2) is 0 Å². The number of hydrogen-bond acceptors (Lipinski definition) is 3. The number of rotatable bonds is 6. The molecule has 0 aromatic heterocycles. The van der Waals surface area contributed by atoms with Gasteiger partial charge < -0.3 is 20.2 Å². The van der Waals surface area contributed by atoms with Gasteiger partial charge in [0.2, 0.25) is 0 Å². The summed E-state index contributed by atoms with van der Waals surface area (Å²) in [6, 6.07) is 0.0165. The summed E-state index contributed by atoms with van der Waals surface area (Å²) in [6.45, 7) is 7.68. The Kier molecular flexibility index (Phi) is 5.85. The monoisotopic (exact) mass is 297 g/mol. The van der Waals surface area contributed by atoms with E-state index < -0.39 is 5.97 Å². The van der Waals surface area contributed by atoms with E-state index in [2.05, 4.69) is 17.1 Å². The average Bonchev–Trinajstić information content (AvgIpc) is 3.11. The minimum atomic E-state index is -0.750. The van der Waals surface area contributed by atoms with E-state index >= 15 is 0 Å². The minimum absolute atomic E-state index is 0.0165. The van der Waals surface area contributed by atoms with E-state index in [0.717, 1.165) is 45.6 Å². The van der Waals surface area contributed by atoms with Crippen LogP contribution < -0.4 is 5.32 Å². The second-order valence-electron chi connectivity index (χ2n) is 6.27. The van der Waals surface area contributed by atoms with Gasteiger partial charge >= 0.3 is 12.0 Å². The van der Waals surface area contributed by atoms with E-state index in [9.17, 15) is 9.59 Å². The molecule has 0 aromatic carbocycles. The van der Waals surface area contributed by atoms with Gasteiger partial charge in [0, 0.05) is 32.6 Å². The molecule has 2 rings (SSSR count). The standard InChI is InChI=1S/C15H27N3O3/c1-2-17-7-5-13(10-17)9-16-15(21)18-8-6-12(11-18)3-4-14(19)20/h12-13H,2-11H2,1H3,(H,16,21)(H,19,20). The predicted octanol–water partition coefficient (Wildman–Crippen LogP) is 1.22. The predicted molar refractivity (Wildman–Crippen MR) is 80.2 cm³/mol. The number of amides is 2. The van der Waals surface area contributed by atoms with Crippen LogP contribution in [0.1, 0.15) is 32.6 Å². The van der Waals surface area contributed by atoms with Crippen LogP contribution in [0, 0.1) is 11.8 Å². The molecule has 120 valence electrons. The van der Waals surface area contributed by atoms with Crippen LogP contribution in [-0.2, 0) is 4.79 Å². The van der Waals surface area contributed by atoms with E-state index in [1.807, 2.05) is 4.90 Å². The zero-order chi connectivity index (χ0) is 15.2. The van der Waals surface area contributed by atoms with Crippen molar-refractivity contribution in [1.29, 1.82) is 0 Å². The first-order valence-electron chi connectivity index (χ1n) is 8.05. The molecule has 2 aliphatic heterocycles. The summed E-state index contributed by atoms with van der Waals surface area (Å²) in [5.74, 6) is 0.160. The molecule has 21 heavy (non-hydrogen) atoms. The molecular weight excluding hydrogens is 270 g/mol. The molecule has 2 aliphatic rings. The molecule has 2 N–H and O–H groups in total. The maximum atomic E-state index is 12.1. The minimum Gasteiger partial charge on any atom is -0.481 e. The number of nitrogens with zero attached hydrogens (tertiary/aromatic N) is 2. The number of aliphatic carboxylic acids is 1. The van der Waals surface area contributed by atoms with Gasteiger partial charge in [-0.15, -0.1) is 0 Å². The zero-order valence-electron chi connectivity index (χ0n) is 12.9. The fourth-order valence-electron chi connectivity index (χ4n) is 3.29. The topological polar surface area (TPSA) is 72.9 Å². The maximum Gasteiger partial charge on any atom is 0.317 e. The fourth-order valence-corrected chi connectivity index (χ4v) is 3.29. The van der Waals surface area contributed by atoms with Crippen LogP contribution in [0.3, 0.4) is 0 Å². The van der Waals surface area contributed by atoms with Gasteiger partial charge in [0.25, 0.3) is 0 Å². The Bertz CT molecular complexity index is 375. The number of hydrogen-bond donors (Lipinski definition) is 2. The number of carboxylic acids is 1. The summed E-state index contributed by atoms with van der Waals surface area (Å²) >= 11 is 0. The largest absolute Gasteiger partial charge is 0.481 e. The normalized spacial score (nSPS) is 26.2. The first-order chi connectivity index (χ1) is 10.1. The molecular formula is C15H27N3O3. The lowest BCUT2D eigenvalue weighted by Gasteiger charge is -2.19. The van der Waals surface area contributed by atoms with Gasteiger partial charge in [-0.05, 0) is 44.2 Å². The number of urea groups is 1. The van der Waals surface area contributed by atoms with Crippen LogP contribution in [0.25, 0.3) is 0 Å². The Morgan fingerprint density at radius 1 is 1.19 bits per heavy atom. The van der Waals surface area contributed by atoms with Crippen molar-refractivity contribution in [2.75, 3.05) is 39.3 Å². The summed E-state index contributed by atoms with van der Waals surface area (Å²) in [5.41, 5.74) is 0. The highest BCUT2D eigenvalue weighted by Gasteiger charge is 2.27. The Morgan fingerprint density at radius 2 is 1.95 bits per heavy atom. The molecule has 2 unspecified atom stereocenters. The molecule has 0 aromatic rings. The van der Waals surface area contributed by atoms with Crippen molar-refractivity contribution in [2.24, 2.45) is 11.8 Å². The molecule has 2 amide bonds. The molecule has 2 atom stereocenters. The van der Waals surface area contributed by atoms with Crippen molar-refractivity contribution < 1.29 is 14.7 Å². The highest BCUT2D eigenvalue weighted by Crippen LogP contribution is 2.21. The van der Waals surface area contributed by atoms with Crippen LogP contribution in [0.4, 0.5) is 4.79 Å². The molecule has 0 spiro atoms. The van der Waals surface area contributed by atoms with Gasteiger partial charge in [-0.2, -0.15) is 0 Å². The van der Waals surface area contributed by atoms with Crippen LogP contribution in [0.2, 0.25) is 0 Å². The number of likely N-dealkylation sites (tertiary alicyclic amines) is 2. The number of carbonyl (C=O) groups excluding carboxylic acids is 1. The Labute approximate surface area is 126 Å². The molecule has 2 saturated heterocycles. The molecule has 0 radical (unpaired) electrons. The van der Waals surface area contributed by atoms with E-state index in [1.165, 1.54) is 0 Å². The fraction of sp³-hybridized carbons (Fsp3) is 0.867. The highest BCUT2D eigenvalue weighted by molar-refractivity contribution is 5.74.